The summed E-state index contributed by atoms with van der Waals surface area (Å²) in [6.45, 7) is 0.425. The van der Waals surface area contributed by atoms with Gasteiger partial charge in [-0.25, -0.2) is 9.38 Å². The summed E-state index contributed by atoms with van der Waals surface area (Å²) in [5.74, 6) is 0.615. The van der Waals surface area contributed by atoms with E-state index in [1.54, 1.807) is 19.2 Å². The third kappa shape index (κ3) is 5.62. The van der Waals surface area contributed by atoms with Crippen LogP contribution in [0.1, 0.15) is 17.5 Å². The molecule has 0 atom stereocenters. The molecular weight excluding hydrogens is 425 g/mol. The summed E-state index contributed by atoms with van der Waals surface area (Å²) in [4.78, 5) is 21.9. The molecule has 0 aliphatic carbocycles. The van der Waals surface area contributed by atoms with Crippen molar-refractivity contribution < 1.29 is 13.9 Å². The zero-order chi connectivity index (χ0) is 22.3. The monoisotopic (exact) mass is 447 g/mol. The largest absolute Gasteiger partial charge is 0.497 e. The molecule has 0 fully saturated rings. The number of methoxy groups -OCH3 is 1. The highest BCUT2D eigenvalue weighted by Crippen LogP contribution is 2.33. The first kappa shape index (κ1) is 21.8. The second-order valence-corrected chi connectivity index (χ2v) is 8.20. The van der Waals surface area contributed by atoms with Crippen molar-refractivity contribution in [2.24, 2.45) is 9.98 Å². The normalized spacial score (nSPS) is 12.8. The van der Waals surface area contributed by atoms with Gasteiger partial charge in [-0.05, 0) is 47.5 Å². The molecule has 0 saturated carbocycles. The highest BCUT2D eigenvalue weighted by atomic mass is 32.2. The Morgan fingerprint density at radius 1 is 1.03 bits per heavy atom. The highest BCUT2D eigenvalue weighted by molar-refractivity contribution is 8.14. The van der Waals surface area contributed by atoms with Gasteiger partial charge in [0.2, 0.25) is 5.91 Å². The Morgan fingerprint density at radius 3 is 2.53 bits per heavy atom. The summed E-state index contributed by atoms with van der Waals surface area (Å²) in [6.07, 6.45) is 0.466. The van der Waals surface area contributed by atoms with Crippen LogP contribution >= 0.6 is 11.8 Å². The lowest BCUT2D eigenvalue weighted by molar-refractivity contribution is -0.118. The van der Waals surface area contributed by atoms with Crippen LogP contribution in [0.2, 0.25) is 0 Å². The number of thioether (sulfide) groups is 1. The third-order valence-corrected chi connectivity index (χ3v) is 5.85. The van der Waals surface area contributed by atoms with E-state index in [0.29, 0.717) is 13.0 Å². The second-order valence-electron chi connectivity index (χ2n) is 7.15. The number of aliphatic imine (C=N–C) groups is 2. The summed E-state index contributed by atoms with van der Waals surface area (Å²) in [7, 11) is 1.61. The molecule has 3 aromatic carbocycles. The van der Waals surface area contributed by atoms with Crippen molar-refractivity contribution >= 4 is 39.8 Å². The van der Waals surface area contributed by atoms with Crippen LogP contribution in [-0.2, 0) is 11.3 Å². The van der Waals surface area contributed by atoms with Crippen molar-refractivity contribution in [3.05, 3.63) is 89.7 Å². The number of rotatable bonds is 6. The van der Waals surface area contributed by atoms with Gasteiger partial charge in [0.05, 0.1) is 35.0 Å². The molecule has 0 radical (unpaired) electrons. The molecular formula is C25H22FN3O2S. The van der Waals surface area contributed by atoms with Crippen molar-refractivity contribution in [1.29, 1.82) is 0 Å². The van der Waals surface area contributed by atoms with Crippen LogP contribution < -0.4 is 10.1 Å². The summed E-state index contributed by atoms with van der Waals surface area (Å²) < 4.78 is 18.6. The zero-order valence-corrected chi connectivity index (χ0v) is 18.4. The van der Waals surface area contributed by atoms with E-state index in [2.05, 4.69) is 5.32 Å². The molecule has 1 aliphatic rings. The molecule has 0 unspecified atom stereocenters. The Hall–Kier alpha value is -3.45. The minimum absolute atomic E-state index is 0.0849. The third-order valence-electron chi connectivity index (χ3n) is 4.87. The molecule has 7 heteroatoms. The molecule has 0 saturated heterocycles. The summed E-state index contributed by atoms with van der Waals surface area (Å²) in [5, 5.41) is 3.72. The van der Waals surface area contributed by atoms with E-state index >= 15 is 0 Å². The van der Waals surface area contributed by atoms with Gasteiger partial charge in [-0.1, -0.05) is 36.4 Å². The highest BCUT2D eigenvalue weighted by Gasteiger charge is 2.16. The van der Waals surface area contributed by atoms with Gasteiger partial charge in [0.15, 0.2) is 0 Å². The Morgan fingerprint density at radius 2 is 1.78 bits per heavy atom. The van der Waals surface area contributed by atoms with E-state index in [0.717, 1.165) is 39.0 Å². The Balaban J connectivity index is 1.44. The minimum Gasteiger partial charge on any atom is -0.497 e. The summed E-state index contributed by atoms with van der Waals surface area (Å²) >= 11 is 1.39. The maximum atomic E-state index is 13.4. The van der Waals surface area contributed by atoms with Gasteiger partial charge in [-0.15, -0.1) is 11.8 Å². The molecule has 32 heavy (non-hydrogen) atoms. The number of carbonyl (C=O) groups is 1. The SMILES string of the molecule is COc1cccc(CNC(=O)CSC2=Nc3ccccc3N=C(c3ccc(F)cc3)C2)c1. The number of nitrogens with zero attached hydrogens (tertiary/aromatic N) is 2. The topological polar surface area (TPSA) is 63.0 Å². The molecule has 1 amide bonds. The first-order valence-electron chi connectivity index (χ1n) is 10.1. The first-order chi connectivity index (χ1) is 15.6. The number of ether oxygens (including phenoxy) is 1. The van der Waals surface area contributed by atoms with Gasteiger partial charge in [0, 0.05) is 13.0 Å². The molecule has 5 nitrogen and oxygen atoms in total. The molecule has 0 aromatic heterocycles. The quantitative estimate of drug-likeness (QED) is 0.547. The maximum Gasteiger partial charge on any atom is 0.230 e. The summed E-state index contributed by atoms with van der Waals surface area (Å²) in [5.41, 5.74) is 4.10. The number of para-hydroxylation sites is 2. The number of hydrogen-bond acceptors (Lipinski definition) is 5. The Labute approximate surface area is 190 Å². The number of carbonyl (C=O) groups excluding carboxylic acids is 1. The fourth-order valence-corrected chi connectivity index (χ4v) is 4.03. The van der Waals surface area contributed by atoms with Gasteiger partial charge >= 0.3 is 0 Å². The molecule has 162 valence electrons. The molecule has 1 N–H and O–H groups in total. The number of nitrogens with one attached hydrogen (secondary N) is 1. The maximum absolute atomic E-state index is 13.4. The van der Waals surface area contributed by atoms with E-state index in [4.69, 9.17) is 14.7 Å². The predicted molar refractivity (Wildman–Crippen MR) is 128 cm³/mol. The van der Waals surface area contributed by atoms with Crippen LogP contribution in [0.25, 0.3) is 0 Å². The lowest BCUT2D eigenvalue weighted by Crippen LogP contribution is -2.25. The first-order valence-corrected chi connectivity index (χ1v) is 11.1. The Kier molecular flexibility index (Phi) is 6.97. The van der Waals surface area contributed by atoms with Crippen molar-refractivity contribution in [2.45, 2.75) is 13.0 Å². The lowest BCUT2D eigenvalue weighted by atomic mass is 10.1. The number of amides is 1. The van der Waals surface area contributed by atoms with E-state index in [-0.39, 0.29) is 17.5 Å². The van der Waals surface area contributed by atoms with E-state index < -0.39 is 0 Å². The summed E-state index contributed by atoms with van der Waals surface area (Å²) in [6, 6.07) is 21.5. The molecule has 1 heterocycles. The molecule has 1 aliphatic heterocycles. The smallest absolute Gasteiger partial charge is 0.230 e. The minimum atomic E-state index is -0.292. The average molecular weight is 448 g/mol. The van der Waals surface area contributed by atoms with Gasteiger partial charge in [0.25, 0.3) is 0 Å². The van der Waals surface area contributed by atoms with Crippen LogP contribution in [0.5, 0.6) is 5.75 Å². The standard InChI is InChI=1S/C25H22FN3O2S/c1-31-20-6-4-5-17(13-20)15-27-24(30)16-32-25-14-23(18-9-11-19(26)12-10-18)28-21-7-2-3-8-22(21)29-25/h2-13H,14-16H2,1H3,(H,27,30). The number of halogens is 1. The van der Waals surface area contributed by atoms with Crippen LogP contribution in [0.3, 0.4) is 0 Å². The van der Waals surface area contributed by atoms with Crippen LogP contribution in [0, 0.1) is 5.82 Å². The molecule has 0 bridgehead atoms. The molecule has 4 rings (SSSR count). The number of fused-ring (bicyclic) bond motifs is 1. The second kappa shape index (κ2) is 10.2. The van der Waals surface area contributed by atoms with E-state index in [1.165, 1.54) is 23.9 Å². The number of benzene rings is 3. The van der Waals surface area contributed by atoms with Gasteiger partial charge in [0.1, 0.15) is 11.6 Å². The van der Waals surface area contributed by atoms with Crippen molar-refractivity contribution in [3.63, 3.8) is 0 Å². The van der Waals surface area contributed by atoms with Crippen molar-refractivity contribution in [2.75, 3.05) is 12.9 Å². The fourth-order valence-electron chi connectivity index (χ4n) is 3.23. The van der Waals surface area contributed by atoms with Crippen molar-refractivity contribution in [3.8, 4) is 5.75 Å². The van der Waals surface area contributed by atoms with Crippen LogP contribution in [-0.4, -0.2) is 29.5 Å². The van der Waals surface area contributed by atoms with Gasteiger partial charge in [-0.2, -0.15) is 0 Å². The van der Waals surface area contributed by atoms with Crippen LogP contribution in [0.4, 0.5) is 15.8 Å². The van der Waals surface area contributed by atoms with Gasteiger partial charge < -0.3 is 10.1 Å². The van der Waals surface area contributed by atoms with E-state index in [1.807, 2.05) is 48.5 Å². The Bertz CT molecular complexity index is 1180. The van der Waals surface area contributed by atoms with E-state index in [9.17, 15) is 9.18 Å². The van der Waals surface area contributed by atoms with Crippen LogP contribution in [0.15, 0.2) is 82.8 Å². The van der Waals surface area contributed by atoms with Gasteiger partial charge in [-0.3, -0.25) is 9.79 Å². The predicted octanol–water partition coefficient (Wildman–Crippen LogP) is 5.44. The average Bonchev–Trinajstić information content (AvgIpc) is 3.01. The zero-order valence-electron chi connectivity index (χ0n) is 17.5. The molecule has 3 aromatic rings. The number of hydrogen-bond donors (Lipinski definition) is 1. The lowest BCUT2D eigenvalue weighted by Gasteiger charge is -2.09. The fraction of sp³-hybridized carbons (Fsp3) is 0.160. The van der Waals surface area contributed by atoms with Crippen molar-refractivity contribution in [1.82, 2.24) is 5.32 Å². The molecule has 0 spiro atoms.